The van der Waals surface area contributed by atoms with Crippen molar-refractivity contribution in [1.82, 2.24) is 0 Å². The van der Waals surface area contributed by atoms with Gasteiger partial charge in [-0.2, -0.15) is 0 Å². The van der Waals surface area contributed by atoms with E-state index >= 15 is 0 Å². The monoisotopic (exact) mass is 252 g/mol. The van der Waals surface area contributed by atoms with Gasteiger partial charge in [-0.05, 0) is 28.9 Å². The van der Waals surface area contributed by atoms with Crippen molar-refractivity contribution >= 4 is 23.0 Å². The van der Waals surface area contributed by atoms with Crippen LogP contribution in [0.3, 0.4) is 0 Å². The zero-order chi connectivity index (χ0) is 12.8. The second-order valence-electron chi connectivity index (χ2n) is 6.08. The van der Waals surface area contributed by atoms with E-state index in [2.05, 4.69) is 33.0 Å². The molecule has 0 unspecified atom stereocenters. The molecular weight excluding hydrogens is 232 g/mol. The highest BCUT2D eigenvalue weighted by atomic mass is 35.5. The predicted octanol–water partition coefficient (Wildman–Crippen LogP) is 4.02. The van der Waals surface area contributed by atoms with Gasteiger partial charge in [-0.15, -0.1) is 0 Å². The minimum Gasteiger partial charge on any atom is -0.397 e. The topological polar surface area (TPSA) is 38.0 Å². The molecule has 1 aliphatic rings. The summed E-state index contributed by atoms with van der Waals surface area (Å²) >= 11 is 6.13. The molecule has 1 saturated carbocycles. The Morgan fingerprint density at radius 2 is 1.82 bits per heavy atom. The first-order valence-corrected chi connectivity index (χ1v) is 6.44. The standard InChI is InChI=1S/C14H21ClN2/c1-13(2)11(14(13,3)4)8-17-12-9(15)6-5-7-10(12)16/h5-7,11,17H,8,16H2,1-4H3. The summed E-state index contributed by atoms with van der Waals surface area (Å²) in [6.45, 7) is 10.2. The lowest BCUT2D eigenvalue weighted by molar-refractivity contribution is 0.457. The zero-order valence-electron chi connectivity index (χ0n) is 11.0. The summed E-state index contributed by atoms with van der Waals surface area (Å²) in [6.07, 6.45) is 0. The summed E-state index contributed by atoms with van der Waals surface area (Å²) in [5, 5.41) is 4.09. The molecule has 0 heterocycles. The molecule has 1 aliphatic carbocycles. The van der Waals surface area contributed by atoms with Crippen molar-refractivity contribution in [2.75, 3.05) is 17.6 Å². The van der Waals surface area contributed by atoms with E-state index in [4.69, 9.17) is 17.3 Å². The summed E-state index contributed by atoms with van der Waals surface area (Å²) in [5.74, 6) is 0.658. The average molecular weight is 253 g/mol. The first-order valence-electron chi connectivity index (χ1n) is 6.06. The number of para-hydroxylation sites is 1. The molecule has 2 nitrogen and oxygen atoms in total. The number of benzene rings is 1. The first-order chi connectivity index (χ1) is 7.78. The highest BCUT2D eigenvalue weighted by Crippen LogP contribution is 2.68. The number of nitrogen functional groups attached to an aromatic ring is 1. The molecule has 0 aromatic heterocycles. The maximum atomic E-state index is 6.13. The molecule has 3 N–H and O–H groups in total. The molecule has 1 fully saturated rings. The van der Waals surface area contributed by atoms with Crippen LogP contribution >= 0.6 is 11.6 Å². The fraction of sp³-hybridized carbons (Fsp3) is 0.571. The van der Waals surface area contributed by atoms with Crippen LogP contribution in [0.15, 0.2) is 18.2 Å². The van der Waals surface area contributed by atoms with E-state index in [9.17, 15) is 0 Å². The number of halogens is 1. The van der Waals surface area contributed by atoms with E-state index in [0.29, 0.717) is 27.5 Å². The molecule has 0 aliphatic heterocycles. The summed E-state index contributed by atoms with van der Waals surface area (Å²) in [5.41, 5.74) is 8.27. The zero-order valence-corrected chi connectivity index (χ0v) is 11.7. The van der Waals surface area contributed by atoms with Gasteiger partial charge in [-0.1, -0.05) is 45.4 Å². The lowest BCUT2D eigenvalue weighted by Crippen LogP contribution is -2.10. The molecule has 0 amide bonds. The summed E-state index contributed by atoms with van der Waals surface area (Å²) in [7, 11) is 0. The third kappa shape index (κ3) is 1.89. The number of hydrogen-bond acceptors (Lipinski definition) is 2. The molecule has 3 heteroatoms. The van der Waals surface area contributed by atoms with Gasteiger partial charge >= 0.3 is 0 Å². The van der Waals surface area contributed by atoms with Crippen molar-refractivity contribution < 1.29 is 0 Å². The van der Waals surface area contributed by atoms with Crippen LogP contribution in [0.4, 0.5) is 11.4 Å². The molecule has 94 valence electrons. The van der Waals surface area contributed by atoms with Crippen LogP contribution in [-0.4, -0.2) is 6.54 Å². The molecule has 0 radical (unpaired) electrons. The van der Waals surface area contributed by atoms with Gasteiger partial charge < -0.3 is 11.1 Å². The lowest BCUT2D eigenvalue weighted by atomic mass is 10.0. The molecular formula is C14H21ClN2. The Labute approximate surface area is 109 Å². The molecule has 0 atom stereocenters. The number of hydrogen-bond donors (Lipinski definition) is 2. The van der Waals surface area contributed by atoms with Crippen LogP contribution in [0.25, 0.3) is 0 Å². The Morgan fingerprint density at radius 1 is 1.24 bits per heavy atom. The van der Waals surface area contributed by atoms with Crippen molar-refractivity contribution in [2.45, 2.75) is 27.7 Å². The largest absolute Gasteiger partial charge is 0.397 e. The maximum Gasteiger partial charge on any atom is 0.0763 e. The van der Waals surface area contributed by atoms with E-state index in [1.165, 1.54) is 0 Å². The van der Waals surface area contributed by atoms with Gasteiger partial charge in [0.2, 0.25) is 0 Å². The van der Waals surface area contributed by atoms with Crippen LogP contribution < -0.4 is 11.1 Å². The molecule has 1 aromatic carbocycles. The van der Waals surface area contributed by atoms with Crippen LogP contribution in [0, 0.1) is 16.7 Å². The Bertz CT molecular complexity index is 404. The van der Waals surface area contributed by atoms with E-state index in [0.717, 1.165) is 12.2 Å². The van der Waals surface area contributed by atoms with E-state index in [1.54, 1.807) is 0 Å². The summed E-state index contributed by atoms with van der Waals surface area (Å²) in [6, 6.07) is 5.61. The second-order valence-corrected chi connectivity index (χ2v) is 6.49. The van der Waals surface area contributed by atoms with Crippen molar-refractivity contribution in [3.05, 3.63) is 23.2 Å². The van der Waals surface area contributed by atoms with Gasteiger partial charge in [0.05, 0.1) is 16.4 Å². The van der Waals surface area contributed by atoms with Gasteiger partial charge in [-0.3, -0.25) is 0 Å². The Hall–Kier alpha value is -0.890. The second kappa shape index (κ2) is 3.81. The molecule has 2 rings (SSSR count). The number of anilines is 2. The normalized spacial score (nSPS) is 21.2. The van der Waals surface area contributed by atoms with E-state index in [-0.39, 0.29) is 0 Å². The van der Waals surface area contributed by atoms with Crippen molar-refractivity contribution in [1.29, 1.82) is 0 Å². The fourth-order valence-corrected chi connectivity index (χ4v) is 3.02. The van der Waals surface area contributed by atoms with Crippen LogP contribution in [0.2, 0.25) is 5.02 Å². The lowest BCUT2D eigenvalue weighted by Gasteiger charge is -2.11. The van der Waals surface area contributed by atoms with Crippen molar-refractivity contribution in [2.24, 2.45) is 16.7 Å². The summed E-state index contributed by atoms with van der Waals surface area (Å²) < 4.78 is 0. The average Bonchev–Trinajstić information content (AvgIpc) is 2.59. The van der Waals surface area contributed by atoms with E-state index < -0.39 is 0 Å². The minimum absolute atomic E-state index is 0.385. The van der Waals surface area contributed by atoms with Crippen molar-refractivity contribution in [3.63, 3.8) is 0 Å². The Kier molecular flexibility index (Phi) is 2.81. The third-order valence-electron chi connectivity index (χ3n) is 4.85. The molecule has 17 heavy (non-hydrogen) atoms. The van der Waals surface area contributed by atoms with Gasteiger partial charge in [0.1, 0.15) is 0 Å². The van der Waals surface area contributed by atoms with Crippen molar-refractivity contribution in [3.8, 4) is 0 Å². The highest BCUT2D eigenvalue weighted by Gasteiger charge is 2.64. The third-order valence-corrected chi connectivity index (χ3v) is 5.16. The van der Waals surface area contributed by atoms with Crippen LogP contribution in [0.1, 0.15) is 27.7 Å². The smallest absolute Gasteiger partial charge is 0.0763 e. The Morgan fingerprint density at radius 3 is 2.29 bits per heavy atom. The molecule has 0 saturated heterocycles. The fourth-order valence-electron chi connectivity index (χ4n) is 2.77. The van der Waals surface area contributed by atoms with Gasteiger partial charge in [0, 0.05) is 6.54 Å². The molecule has 1 aromatic rings. The number of nitrogens with two attached hydrogens (primary N) is 1. The minimum atomic E-state index is 0.385. The summed E-state index contributed by atoms with van der Waals surface area (Å²) in [4.78, 5) is 0. The van der Waals surface area contributed by atoms with Crippen LogP contribution in [0.5, 0.6) is 0 Å². The van der Waals surface area contributed by atoms with Gasteiger partial charge in [0.15, 0.2) is 0 Å². The van der Waals surface area contributed by atoms with Crippen LogP contribution in [-0.2, 0) is 0 Å². The number of rotatable bonds is 3. The Balaban J connectivity index is 2.06. The predicted molar refractivity (Wildman–Crippen MR) is 75.4 cm³/mol. The van der Waals surface area contributed by atoms with E-state index in [1.807, 2.05) is 18.2 Å². The SMILES string of the molecule is CC1(C)C(CNc2c(N)cccc2Cl)C1(C)C. The highest BCUT2D eigenvalue weighted by molar-refractivity contribution is 6.33. The maximum absolute atomic E-state index is 6.13. The first kappa shape index (κ1) is 12.6. The molecule has 0 spiro atoms. The molecule has 0 bridgehead atoms. The van der Waals surface area contributed by atoms with Gasteiger partial charge in [0.25, 0.3) is 0 Å². The quantitative estimate of drug-likeness (QED) is 0.798. The van der Waals surface area contributed by atoms with Gasteiger partial charge in [-0.25, -0.2) is 0 Å². The number of nitrogens with one attached hydrogen (secondary N) is 1.